The molecule has 0 bridgehead atoms. The maximum atomic E-state index is 10.9. The minimum absolute atomic E-state index is 0.0438. The van der Waals surface area contributed by atoms with Crippen molar-refractivity contribution >= 4 is 11.9 Å². The fourth-order valence-electron chi connectivity index (χ4n) is 0.890. The van der Waals surface area contributed by atoms with E-state index in [-0.39, 0.29) is 5.78 Å². The van der Waals surface area contributed by atoms with Crippen LogP contribution in [0.1, 0.15) is 22.8 Å². The molecule has 0 aliphatic rings. The second-order valence-electron chi connectivity index (χ2n) is 2.22. The molecular formula is C9H9NO. The zero-order valence-corrected chi connectivity index (χ0v) is 6.37. The van der Waals surface area contributed by atoms with Crippen molar-refractivity contribution in [3.8, 4) is 0 Å². The van der Waals surface area contributed by atoms with E-state index in [1.165, 1.54) is 6.92 Å². The van der Waals surface area contributed by atoms with E-state index in [1.54, 1.807) is 24.5 Å². The molecule has 1 rings (SSSR count). The van der Waals surface area contributed by atoms with Crippen molar-refractivity contribution in [2.45, 2.75) is 6.92 Å². The highest BCUT2D eigenvalue weighted by atomic mass is 16.1. The first-order valence-corrected chi connectivity index (χ1v) is 3.33. The van der Waals surface area contributed by atoms with Gasteiger partial charge in [0.2, 0.25) is 0 Å². The fraction of sp³-hybridized carbons (Fsp3) is 0.111. The van der Waals surface area contributed by atoms with Gasteiger partial charge in [-0.2, -0.15) is 0 Å². The van der Waals surface area contributed by atoms with Crippen LogP contribution in [-0.2, 0) is 0 Å². The van der Waals surface area contributed by atoms with Crippen LogP contribution in [-0.4, -0.2) is 10.8 Å². The van der Waals surface area contributed by atoms with Gasteiger partial charge < -0.3 is 0 Å². The monoisotopic (exact) mass is 147 g/mol. The normalized spacial score (nSPS) is 9.18. The standard InChI is InChI=1S/C9H9NO/c1-3-8-6-10-5-4-9(8)7(2)11/h3-6H,1H2,2H3. The number of hydrogen-bond acceptors (Lipinski definition) is 2. The van der Waals surface area contributed by atoms with Crippen LogP contribution >= 0.6 is 0 Å². The Balaban J connectivity index is 3.22. The van der Waals surface area contributed by atoms with Crippen LogP contribution in [0.3, 0.4) is 0 Å². The van der Waals surface area contributed by atoms with Crippen molar-refractivity contribution in [2.24, 2.45) is 0 Å². The Morgan fingerprint density at radius 2 is 2.45 bits per heavy atom. The second kappa shape index (κ2) is 3.10. The average Bonchev–Trinajstić information content (AvgIpc) is 2.04. The molecular weight excluding hydrogens is 138 g/mol. The molecule has 0 saturated carbocycles. The van der Waals surface area contributed by atoms with Crippen LogP contribution < -0.4 is 0 Å². The summed E-state index contributed by atoms with van der Waals surface area (Å²) < 4.78 is 0. The molecule has 2 heteroatoms. The van der Waals surface area contributed by atoms with Gasteiger partial charge in [0.25, 0.3) is 0 Å². The number of aromatic nitrogens is 1. The van der Waals surface area contributed by atoms with Gasteiger partial charge in [0.05, 0.1) is 0 Å². The first-order chi connectivity index (χ1) is 5.25. The lowest BCUT2D eigenvalue weighted by atomic mass is 10.1. The Kier molecular flexibility index (Phi) is 2.16. The van der Waals surface area contributed by atoms with Gasteiger partial charge >= 0.3 is 0 Å². The number of pyridine rings is 1. The van der Waals surface area contributed by atoms with Gasteiger partial charge in [-0.3, -0.25) is 9.78 Å². The van der Waals surface area contributed by atoms with E-state index in [9.17, 15) is 4.79 Å². The van der Waals surface area contributed by atoms with Crippen molar-refractivity contribution in [2.75, 3.05) is 0 Å². The summed E-state index contributed by atoms with van der Waals surface area (Å²) in [4.78, 5) is 14.8. The highest BCUT2D eigenvalue weighted by molar-refractivity contribution is 5.97. The lowest BCUT2D eigenvalue weighted by Crippen LogP contribution is -1.95. The van der Waals surface area contributed by atoms with E-state index in [4.69, 9.17) is 0 Å². The lowest BCUT2D eigenvalue weighted by molar-refractivity contribution is 0.101. The fourth-order valence-corrected chi connectivity index (χ4v) is 0.890. The van der Waals surface area contributed by atoms with E-state index in [1.807, 2.05) is 0 Å². The number of carbonyl (C=O) groups is 1. The molecule has 0 unspecified atom stereocenters. The highest BCUT2D eigenvalue weighted by Gasteiger charge is 2.01. The molecule has 0 aliphatic heterocycles. The number of ketones is 1. The first-order valence-electron chi connectivity index (χ1n) is 3.33. The summed E-state index contributed by atoms with van der Waals surface area (Å²) in [6.07, 6.45) is 4.86. The van der Waals surface area contributed by atoms with Gasteiger partial charge in [-0.05, 0) is 13.0 Å². The number of carbonyl (C=O) groups excluding carboxylic acids is 1. The number of rotatable bonds is 2. The van der Waals surface area contributed by atoms with E-state index in [2.05, 4.69) is 11.6 Å². The summed E-state index contributed by atoms with van der Waals surface area (Å²) in [6, 6.07) is 1.69. The van der Waals surface area contributed by atoms with Crippen LogP contribution in [0.5, 0.6) is 0 Å². The third-order valence-corrected chi connectivity index (χ3v) is 1.45. The zero-order chi connectivity index (χ0) is 8.27. The maximum Gasteiger partial charge on any atom is 0.160 e. The molecule has 0 spiro atoms. The van der Waals surface area contributed by atoms with E-state index < -0.39 is 0 Å². The van der Waals surface area contributed by atoms with Crippen LogP contribution in [0.4, 0.5) is 0 Å². The number of nitrogens with zero attached hydrogens (tertiary/aromatic N) is 1. The van der Waals surface area contributed by atoms with Crippen molar-refractivity contribution < 1.29 is 4.79 Å². The maximum absolute atomic E-state index is 10.9. The SMILES string of the molecule is C=Cc1cnccc1C(C)=O. The summed E-state index contributed by atoms with van der Waals surface area (Å²) in [5.74, 6) is 0.0438. The van der Waals surface area contributed by atoms with Crippen LogP contribution in [0.15, 0.2) is 25.0 Å². The molecule has 0 saturated heterocycles. The molecule has 56 valence electrons. The Bertz CT molecular complexity index is 291. The van der Waals surface area contributed by atoms with Crippen molar-refractivity contribution in [1.82, 2.24) is 4.98 Å². The molecule has 11 heavy (non-hydrogen) atoms. The molecule has 0 aliphatic carbocycles. The van der Waals surface area contributed by atoms with E-state index in [0.717, 1.165) is 5.56 Å². The first kappa shape index (κ1) is 7.66. The Morgan fingerprint density at radius 1 is 1.73 bits per heavy atom. The number of Topliss-reactive ketones (excluding diaryl/α,β-unsaturated/α-hetero) is 1. The van der Waals surface area contributed by atoms with Gasteiger partial charge in [-0.25, -0.2) is 0 Å². The predicted molar refractivity (Wildman–Crippen MR) is 44.3 cm³/mol. The molecule has 0 fully saturated rings. The Morgan fingerprint density at radius 3 is 2.91 bits per heavy atom. The molecule has 2 nitrogen and oxygen atoms in total. The van der Waals surface area contributed by atoms with Gasteiger partial charge in [0.15, 0.2) is 5.78 Å². The molecule has 0 aromatic carbocycles. The molecule has 0 amide bonds. The number of hydrogen-bond donors (Lipinski definition) is 0. The molecule has 0 radical (unpaired) electrons. The van der Waals surface area contributed by atoms with E-state index >= 15 is 0 Å². The Hall–Kier alpha value is -1.44. The third-order valence-electron chi connectivity index (χ3n) is 1.45. The Labute approximate surface area is 65.6 Å². The van der Waals surface area contributed by atoms with E-state index in [0.29, 0.717) is 5.56 Å². The molecule has 0 atom stereocenters. The topological polar surface area (TPSA) is 30.0 Å². The smallest absolute Gasteiger partial charge is 0.160 e. The largest absolute Gasteiger partial charge is 0.294 e. The van der Waals surface area contributed by atoms with Gasteiger partial charge in [0.1, 0.15) is 0 Å². The molecule has 1 heterocycles. The quantitative estimate of drug-likeness (QED) is 0.598. The summed E-state index contributed by atoms with van der Waals surface area (Å²) in [7, 11) is 0. The van der Waals surface area contributed by atoms with Gasteiger partial charge in [-0.15, -0.1) is 0 Å². The van der Waals surface area contributed by atoms with Crippen molar-refractivity contribution in [3.63, 3.8) is 0 Å². The summed E-state index contributed by atoms with van der Waals surface area (Å²) in [5, 5.41) is 0. The van der Waals surface area contributed by atoms with Gasteiger partial charge in [-0.1, -0.05) is 12.7 Å². The third kappa shape index (κ3) is 1.52. The second-order valence-corrected chi connectivity index (χ2v) is 2.22. The predicted octanol–water partition coefficient (Wildman–Crippen LogP) is 1.93. The summed E-state index contributed by atoms with van der Waals surface area (Å²) in [5.41, 5.74) is 1.47. The van der Waals surface area contributed by atoms with Crippen LogP contribution in [0.25, 0.3) is 6.08 Å². The zero-order valence-electron chi connectivity index (χ0n) is 6.37. The molecule has 0 N–H and O–H groups in total. The van der Waals surface area contributed by atoms with Crippen LogP contribution in [0.2, 0.25) is 0 Å². The van der Waals surface area contributed by atoms with Crippen molar-refractivity contribution in [3.05, 3.63) is 36.2 Å². The van der Waals surface area contributed by atoms with Crippen LogP contribution in [0, 0.1) is 0 Å². The van der Waals surface area contributed by atoms with Gasteiger partial charge in [0, 0.05) is 23.5 Å². The lowest BCUT2D eigenvalue weighted by Gasteiger charge is -1.98. The molecule has 1 aromatic rings. The minimum Gasteiger partial charge on any atom is -0.294 e. The highest BCUT2D eigenvalue weighted by Crippen LogP contribution is 2.07. The van der Waals surface area contributed by atoms with Crippen molar-refractivity contribution in [1.29, 1.82) is 0 Å². The summed E-state index contributed by atoms with van der Waals surface area (Å²) >= 11 is 0. The molecule has 1 aromatic heterocycles. The minimum atomic E-state index is 0.0438. The average molecular weight is 147 g/mol. The summed E-state index contributed by atoms with van der Waals surface area (Å²) in [6.45, 7) is 5.11.